The highest BCUT2D eigenvalue weighted by molar-refractivity contribution is 8.13. The summed E-state index contributed by atoms with van der Waals surface area (Å²) in [5.74, 6) is 0.258. The Balaban J connectivity index is 2.01. The van der Waals surface area contributed by atoms with Crippen LogP contribution in [0, 0.1) is 5.82 Å². The Kier molecular flexibility index (Phi) is 4.07. The fourth-order valence-electron chi connectivity index (χ4n) is 1.42. The van der Waals surface area contributed by atoms with Crippen LogP contribution in [0.2, 0.25) is 5.02 Å². The average molecular weight is 259 g/mol. The molecular weight excluding hydrogens is 247 g/mol. The van der Waals surface area contributed by atoms with Crippen molar-refractivity contribution in [2.24, 2.45) is 4.99 Å². The number of rotatable bonds is 2. The Morgan fingerprint density at radius 3 is 3.06 bits per heavy atom. The largest absolute Gasteiger partial charge is 0.365 e. The fourth-order valence-corrected chi connectivity index (χ4v) is 2.69. The van der Waals surface area contributed by atoms with Crippen LogP contribution in [-0.4, -0.2) is 18.3 Å². The van der Waals surface area contributed by atoms with Crippen LogP contribution >= 0.6 is 23.4 Å². The van der Waals surface area contributed by atoms with Crippen molar-refractivity contribution in [3.05, 3.63) is 34.6 Å². The van der Waals surface area contributed by atoms with Gasteiger partial charge in [-0.25, -0.2) is 4.39 Å². The van der Waals surface area contributed by atoms with Crippen LogP contribution < -0.4 is 5.32 Å². The predicted molar refractivity (Wildman–Crippen MR) is 67.6 cm³/mol. The van der Waals surface area contributed by atoms with E-state index in [1.165, 1.54) is 17.8 Å². The Morgan fingerprint density at radius 2 is 2.38 bits per heavy atom. The second kappa shape index (κ2) is 5.55. The molecule has 0 spiro atoms. The van der Waals surface area contributed by atoms with E-state index in [1.54, 1.807) is 12.1 Å². The first-order valence-corrected chi connectivity index (χ1v) is 6.48. The highest BCUT2D eigenvalue weighted by atomic mass is 35.5. The molecule has 0 fully saturated rings. The van der Waals surface area contributed by atoms with E-state index < -0.39 is 0 Å². The number of nitrogens with one attached hydrogen (secondary N) is 1. The highest BCUT2D eigenvalue weighted by Gasteiger charge is 2.10. The van der Waals surface area contributed by atoms with Crippen molar-refractivity contribution in [2.75, 3.05) is 13.1 Å². The van der Waals surface area contributed by atoms with Gasteiger partial charge in [0.05, 0.1) is 0 Å². The number of thioether (sulfide) groups is 1. The van der Waals surface area contributed by atoms with Crippen LogP contribution in [-0.2, 0) is 5.75 Å². The Hall–Kier alpha value is -0.740. The van der Waals surface area contributed by atoms with Crippen molar-refractivity contribution < 1.29 is 4.39 Å². The van der Waals surface area contributed by atoms with E-state index in [0.29, 0.717) is 16.3 Å². The lowest BCUT2D eigenvalue weighted by molar-refractivity contribution is 0.617. The van der Waals surface area contributed by atoms with E-state index in [2.05, 4.69) is 10.3 Å². The van der Waals surface area contributed by atoms with Crippen LogP contribution in [0.25, 0.3) is 0 Å². The monoisotopic (exact) mass is 258 g/mol. The van der Waals surface area contributed by atoms with Gasteiger partial charge >= 0.3 is 0 Å². The zero-order valence-corrected chi connectivity index (χ0v) is 10.2. The van der Waals surface area contributed by atoms with Crippen LogP contribution in [0.4, 0.5) is 4.39 Å². The summed E-state index contributed by atoms with van der Waals surface area (Å²) >= 11 is 7.43. The molecule has 5 heteroatoms. The summed E-state index contributed by atoms with van der Waals surface area (Å²) in [6.45, 7) is 1.79. The van der Waals surface area contributed by atoms with Crippen molar-refractivity contribution in [2.45, 2.75) is 12.2 Å². The first kappa shape index (κ1) is 11.7. The third-order valence-electron chi connectivity index (χ3n) is 2.28. The lowest BCUT2D eigenvalue weighted by Gasteiger charge is -2.14. The SMILES string of the molecule is Fc1cccc(Cl)c1CSC1=NCCCN1. The maximum absolute atomic E-state index is 13.4. The minimum Gasteiger partial charge on any atom is -0.365 e. The van der Waals surface area contributed by atoms with Crippen LogP contribution in [0.3, 0.4) is 0 Å². The van der Waals surface area contributed by atoms with E-state index in [9.17, 15) is 4.39 Å². The summed E-state index contributed by atoms with van der Waals surface area (Å²) in [4.78, 5) is 4.31. The topological polar surface area (TPSA) is 24.4 Å². The molecule has 86 valence electrons. The molecule has 0 aromatic heterocycles. The van der Waals surface area contributed by atoms with Crippen molar-refractivity contribution in [3.8, 4) is 0 Å². The van der Waals surface area contributed by atoms with E-state index in [1.807, 2.05) is 0 Å². The molecule has 0 saturated heterocycles. The quantitative estimate of drug-likeness (QED) is 0.882. The number of aliphatic imine (C=N–C) groups is 1. The number of benzene rings is 1. The third-order valence-corrected chi connectivity index (χ3v) is 3.62. The maximum atomic E-state index is 13.4. The first-order valence-electron chi connectivity index (χ1n) is 5.11. The smallest absolute Gasteiger partial charge is 0.156 e. The number of halogens is 2. The molecule has 1 heterocycles. The summed E-state index contributed by atoms with van der Waals surface area (Å²) in [5.41, 5.74) is 0.546. The Morgan fingerprint density at radius 1 is 1.50 bits per heavy atom. The molecule has 1 aliphatic heterocycles. The Labute approximate surface area is 103 Å². The number of amidine groups is 1. The molecular formula is C11H12ClFN2S. The van der Waals surface area contributed by atoms with Gasteiger partial charge in [-0.05, 0) is 18.6 Å². The van der Waals surface area contributed by atoms with E-state index >= 15 is 0 Å². The second-order valence-corrected chi connectivity index (χ2v) is 4.83. The molecule has 0 bridgehead atoms. The van der Waals surface area contributed by atoms with Crippen molar-refractivity contribution in [1.82, 2.24) is 5.32 Å². The van der Waals surface area contributed by atoms with Gasteiger partial charge in [0.2, 0.25) is 0 Å². The van der Waals surface area contributed by atoms with Gasteiger partial charge in [0.15, 0.2) is 5.17 Å². The van der Waals surface area contributed by atoms with E-state index in [-0.39, 0.29) is 5.82 Å². The van der Waals surface area contributed by atoms with E-state index in [0.717, 1.165) is 24.7 Å². The molecule has 0 saturated carbocycles. The fraction of sp³-hybridized carbons (Fsp3) is 0.364. The molecule has 0 atom stereocenters. The second-order valence-electron chi connectivity index (χ2n) is 3.46. The zero-order chi connectivity index (χ0) is 11.4. The minimum atomic E-state index is -0.253. The molecule has 2 rings (SSSR count). The molecule has 0 aliphatic carbocycles. The van der Waals surface area contributed by atoms with Crippen LogP contribution in [0.15, 0.2) is 23.2 Å². The Bertz CT molecular complexity index is 389. The molecule has 1 aromatic rings. The van der Waals surface area contributed by atoms with Crippen LogP contribution in [0.5, 0.6) is 0 Å². The van der Waals surface area contributed by atoms with Gasteiger partial charge in [0.1, 0.15) is 5.82 Å². The summed E-state index contributed by atoms with van der Waals surface area (Å²) in [7, 11) is 0. The highest BCUT2D eigenvalue weighted by Crippen LogP contribution is 2.24. The van der Waals surface area contributed by atoms with Gasteiger partial charge in [0.25, 0.3) is 0 Å². The molecule has 0 radical (unpaired) electrons. The first-order chi connectivity index (χ1) is 7.77. The van der Waals surface area contributed by atoms with Gasteiger partial charge in [0, 0.05) is 29.4 Å². The van der Waals surface area contributed by atoms with Gasteiger partial charge in [-0.1, -0.05) is 29.4 Å². The number of nitrogens with zero attached hydrogens (tertiary/aromatic N) is 1. The third kappa shape index (κ3) is 2.89. The lowest BCUT2D eigenvalue weighted by Crippen LogP contribution is -2.26. The molecule has 0 amide bonds. The number of hydrogen-bond donors (Lipinski definition) is 1. The molecule has 0 unspecified atom stereocenters. The summed E-state index contributed by atoms with van der Waals surface area (Å²) in [6.07, 6.45) is 1.06. The molecule has 1 N–H and O–H groups in total. The molecule has 1 aliphatic rings. The zero-order valence-electron chi connectivity index (χ0n) is 8.67. The maximum Gasteiger partial charge on any atom is 0.156 e. The van der Waals surface area contributed by atoms with Gasteiger partial charge in [-0.2, -0.15) is 0 Å². The number of hydrogen-bond acceptors (Lipinski definition) is 3. The van der Waals surface area contributed by atoms with Gasteiger partial charge in [-0.3, -0.25) is 4.99 Å². The van der Waals surface area contributed by atoms with Crippen LogP contribution in [0.1, 0.15) is 12.0 Å². The van der Waals surface area contributed by atoms with Crippen molar-refractivity contribution in [1.29, 1.82) is 0 Å². The minimum absolute atomic E-state index is 0.253. The molecule has 1 aromatic carbocycles. The summed E-state index contributed by atoms with van der Waals surface area (Å²) in [6, 6.07) is 4.75. The van der Waals surface area contributed by atoms with Gasteiger partial charge in [-0.15, -0.1) is 0 Å². The summed E-state index contributed by atoms with van der Waals surface area (Å²) in [5, 5.41) is 4.53. The molecule has 16 heavy (non-hydrogen) atoms. The van der Waals surface area contributed by atoms with E-state index in [4.69, 9.17) is 11.6 Å². The standard InChI is InChI=1S/C11H12ClFN2S/c12-9-3-1-4-10(13)8(9)7-16-11-14-5-2-6-15-11/h1,3-4H,2,5-7H2,(H,14,15). The van der Waals surface area contributed by atoms with Crippen molar-refractivity contribution in [3.63, 3.8) is 0 Å². The van der Waals surface area contributed by atoms with Gasteiger partial charge < -0.3 is 5.32 Å². The average Bonchev–Trinajstić information content (AvgIpc) is 2.30. The normalized spacial score (nSPS) is 15.5. The lowest BCUT2D eigenvalue weighted by atomic mass is 10.2. The molecule has 2 nitrogen and oxygen atoms in total. The predicted octanol–water partition coefficient (Wildman–Crippen LogP) is 3.06. The van der Waals surface area contributed by atoms with Crippen molar-refractivity contribution >= 4 is 28.5 Å². The summed E-state index contributed by atoms with van der Waals surface area (Å²) < 4.78 is 13.4.